The molecule has 0 atom stereocenters. The van der Waals surface area contributed by atoms with Crippen molar-refractivity contribution < 1.29 is 0 Å². The molecule has 0 fully saturated rings. The molecule has 2 aromatic carbocycles. The zero-order valence-corrected chi connectivity index (χ0v) is 10.6. The van der Waals surface area contributed by atoms with Gasteiger partial charge in [0.05, 0.1) is 22.3 Å². The second kappa shape index (κ2) is 4.99. The quantitative estimate of drug-likeness (QED) is 0.804. The first-order chi connectivity index (χ1) is 8.61. The van der Waals surface area contributed by atoms with Gasteiger partial charge in [-0.25, -0.2) is 0 Å². The van der Waals surface area contributed by atoms with Gasteiger partial charge in [-0.15, -0.1) is 0 Å². The van der Waals surface area contributed by atoms with Crippen LogP contribution in [0.15, 0.2) is 36.4 Å². The van der Waals surface area contributed by atoms with Crippen LogP contribution >= 0.6 is 11.6 Å². The third-order valence-electron chi connectivity index (χ3n) is 2.74. The number of anilines is 3. The second-order valence-electron chi connectivity index (χ2n) is 3.95. The average molecular weight is 258 g/mol. The molecule has 0 aliphatic carbocycles. The first-order valence-electron chi connectivity index (χ1n) is 5.43. The zero-order valence-electron chi connectivity index (χ0n) is 9.87. The summed E-state index contributed by atoms with van der Waals surface area (Å²) < 4.78 is 0. The highest BCUT2D eigenvalue weighted by molar-refractivity contribution is 6.33. The minimum atomic E-state index is 0.559. The van der Waals surface area contributed by atoms with Gasteiger partial charge in [0.1, 0.15) is 0 Å². The Morgan fingerprint density at radius 1 is 1.22 bits per heavy atom. The summed E-state index contributed by atoms with van der Waals surface area (Å²) in [4.78, 5) is 0. The fourth-order valence-corrected chi connectivity index (χ4v) is 1.79. The van der Waals surface area contributed by atoms with Crippen LogP contribution in [-0.2, 0) is 0 Å². The Morgan fingerprint density at radius 2 is 2.00 bits per heavy atom. The number of nitriles is 1. The fourth-order valence-electron chi connectivity index (χ4n) is 1.62. The van der Waals surface area contributed by atoms with Gasteiger partial charge in [-0.2, -0.15) is 5.26 Å². The molecule has 90 valence electrons. The van der Waals surface area contributed by atoms with Gasteiger partial charge in [0.2, 0.25) is 0 Å². The highest BCUT2D eigenvalue weighted by atomic mass is 35.5. The van der Waals surface area contributed by atoms with Gasteiger partial charge in [-0.3, -0.25) is 0 Å². The van der Waals surface area contributed by atoms with Crippen LogP contribution in [0.4, 0.5) is 17.1 Å². The van der Waals surface area contributed by atoms with E-state index >= 15 is 0 Å². The van der Waals surface area contributed by atoms with E-state index in [-0.39, 0.29) is 0 Å². The fraction of sp³-hybridized carbons (Fsp3) is 0.0714. The first kappa shape index (κ1) is 12.3. The van der Waals surface area contributed by atoms with Gasteiger partial charge in [0.25, 0.3) is 0 Å². The Balaban J connectivity index is 2.40. The standard InChI is InChI=1S/C14H12ClN3/c1-9-12(17)3-2-4-13(9)18-14-7-10(8-16)5-6-11(14)15/h2-7,18H,17H2,1H3. The number of nitrogens with two attached hydrogens (primary N) is 1. The Kier molecular flexibility index (Phi) is 3.40. The Hall–Kier alpha value is -2.18. The minimum absolute atomic E-state index is 0.559. The first-order valence-corrected chi connectivity index (χ1v) is 5.81. The maximum Gasteiger partial charge on any atom is 0.0992 e. The van der Waals surface area contributed by atoms with E-state index in [1.807, 2.05) is 25.1 Å². The summed E-state index contributed by atoms with van der Waals surface area (Å²) >= 11 is 6.09. The Labute approximate surface area is 111 Å². The van der Waals surface area contributed by atoms with Gasteiger partial charge in [0.15, 0.2) is 0 Å². The van der Waals surface area contributed by atoms with E-state index in [0.717, 1.165) is 11.3 Å². The predicted octanol–water partition coefficient (Wildman–Crippen LogP) is 3.85. The van der Waals surface area contributed by atoms with Gasteiger partial charge >= 0.3 is 0 Å². The van der Waals surface area contributed by atoms with E-state index in [1.54, 1.807) is 18.2 Å². The smallest absolute Gasteiger partial charge is 0.0992 e. The van der Waals surface area contributed by atoms with Crippen molar-refractivity contribution in [3.63, 3.8) is 0 Å². The molecule has 0 radical (unpaired) electrons. The molecule has 0 spiro atoms. The van der Waals surface area contributed by atoms with E-state index in [2.05, 4.69) is 11.4 Å². The van der Waals surface area contributed by atoms with Crippen molar-refractivity contribution in [2.24, 2.45) is 0 Å². The monoisotopic (exact) mass is 257 g/mol. The maximum absolute atomic E-state index is 8.88. The van der Waals surface area contributed by atoms with Crippen molar-refractivity contribution in [2.75, 3.05) is 11.1 Å². The lowest BCUT2D eigenvalue weighted by Gasteiger charge is -2.12. The summed E-state index contributed by atoms with van der Waals surface area (Å²) in [6.07, 6.45) is 0. The zero-order chi connectivity index (χ0) is 13.1. The van der Waals surface area contributed by atoms with E-state index in [4.69, 9.17) is 22.6 Å². The summed E-state index contributed by atoms with van der Waals surface area (Å²) in [5.41, 5.74) is 9.65. The molecule has 0 aliphatic rings. The van der Waals surface area contributed by atoms with Gasteiger partial charge in [-0.05, 0) is 42.8 Å². The highest BCUT2D eigenvalue weighted by Crippen LogP contribution is 2.29. The molecule has 0 heterocycles. The number of rotatable bonds is 2. The number of hydrogen-bond donors (Lipinski definition) is 2. The molecule has 0 bridgehead atoms. The van der Waals surface area contributed by atoms with Crippen LogP contribution in [0.5, 0.6) is 0 Å². The van der Waals surface area contributed by atoms with E-state index in [0.29, 0.717) is 22.0 Å². The van der Waals surface area contributed by atoms with E-state index in [1.165, 1.54) is 0 Å². The van der Waals surface area contributed by atoms with Crippen molar-refractivity contribution in [3.8, 4) is 6.07 Å². The lowest BCUT2D eigenvalue weighted by atomic mass is 10.1. The second-order valence-corrected chi connectivity index (χ2v) is 4.36. The number of halogens is 1. The Bertz CT molecular complexity index is 629. The number of nitrogens with one attached hydrogen (secondary N) is 1. The van der Waals surface area contributed by atoms with Crippen LogP contribution in [0.25, 0.3) is 0 Å². The molecule has 0 aliphatic heterocycles. The van der Waals surface area contributed by atoms with Crippen molar-refractivity contribution in [1.82, 2.24) is 0 Å². The van der Waals surface area contributed by atoms with Gasteiger partial charge < -0.3 is 11.1 Å². The summed E-state index contributed by atoms with van der Waals surface area (Å²) in [7, 11) is 0. The molecule has 3 nitrogen and oxygen atoms in total. The Morgan fingerprint density at radius 3 is 2.72 bits per heavy atom. The normalized spacial score (nSPS) is 9.83. The number of nitrogens with zero attached hydrogens (tertiary/aromatic N) is 1. The van der Waals surface area contributed by atoms with E-state index in [9.17, 15) is 0 Å². The molecular formula is C14H12ClN3. The largest absolute Gasteiger partial charge is 0.398 e. The lowest BCUT2D eigenvalue weighted by Crippen LogP contribution is -1.97. The molecule has 0 unspecified atom stereocenters. The van der Waals surface area contributed by atoms with Crippen LogP contribution < -0.4 is 11.1 Å². The van der Waals surface area contributed by atoms with Crippen molar-refractivity contribution in [1.29, 1.82) is 5.26 Å². The predicted molar refractivity (Wildman–Crippen MR) is 75.0 cm³/mol. The summed E-state index contributed by atoms with van der Waals surface area (Å²) in [5.74, 6) is 0. The van der Waals surface area contributed by atoms with Crippen LogP contribution in [0.1, 0.15) is 11.1 Å². The summed E-state index contributed by atoms with van der Waals surface area (Å²) in [5, 5.41) is 12.6. The molecule has 0 amide bonds. The molecule has 0 saturated heterocycles. The molecular weight excluding hydrogens is 246 g/mol. The lowest BCUT2D eigenvalue weighted by molar-refractivity contribution is 1.42. The molecule has 18 heavy (non-hydrogen) atoms. The molecule has 4 heteroatoms. The summed E-state index contributed by atoms with van der Waals surface area (Å²) in [6.45, 7) is 1.93. The van der Waals surface area contributed by atoms with Gasteiger partial charge in [-0.1, -0.05) is 17.7 Å². The number of benzene rings is 2. The third-order valence-corrected chi connectivity index (χ3v) is 3.07. The molecule has 0 saturated carbocycles. The van der Waals surface area contributed by atoms with Crippen LogP contribution in [0.2, 0.25) is 5.02 Å². The van der Waals surface area contributed by atoms with Crippen LogP contribution in [0.3, 0.4) is 0 Å². The van der Waals surface area contributed by atoms with Gasteiger partial charge in [0, 0.05) is 11.4 Å². The van der Waals surface area contributed by atoms with Crippen LogP contribution in [0, 0.1) is 18.3 Å². The minimum Gasteiger partial charge on any atom is -0.398 e. The van der Waals surface area contributed by atoms with Crippen LogP contribution in [-0.4, -0.2) is 0 Å². The van der Waals surface area contributed by atoms with Crippen molar-refractivity contribution >= 4 is 28.7 Å². The van der Waals surface area contributed by atoms with Crippen molar-refractivity contribution in [2.45, 2.75) is 6.92 Å². The van der Waals surface area contributed by atoms with E-state index < -0.39 is 0 Å². The topological polar surface area (TPSA) is 61.8 Å². The molecule has 2 aromatic rings. The van der Waals surface area contributed by atoms with Crippen molar-refractivity contribution in [3.05, 3.63) is 52.5 Å². The molecule has 3 N–H and O–H groups in total. The molecule has 0 aromatic heterocycles. The maximum atomic E-state index is 8.88. The third kappa shape index (κ3) is 2.39. The highest BCUT2D eigenvalue weighted by Gasteiger charge is 2.05. The average Bonchev–Trinajstić information content (AvgIpc) is 2.37. The number of nitrogen functional groups attached to an aromatic ring is 1. The SMILES string of the molecule is Cc1c(N)cccc1Nc1cc(C#N)ccc1Cl. The molecule has 2 rings (SSSR count). The number of hydrogen-bond acceptors (Lipinski definition) is 3. The summed E-state index contributed by atoms with van der Waals surface area (Å²) in [6, 6.07) is 12.8.